The third-order valence-electron chi connectivity index (χ3n) is 3.42. The highest BCUT2D eigenvalue weighted by molar-refractivity contribution is 6.13. The number of carbonyl (C=O) groups is 1. The second kappa shape index (κ2) is 5.85. The standard InChI is InChI=1S/C18H15NO3/c1-12-6-3-4-7-13(12)11-16-18(20)22-17(19-16)14-8-5-9-15(10-14)21-2/h3-11H,1-2H3/b16-11-. The summed E-state index contributed by atoms with van der Waals surface area (Å²) < 4.78 is 10.4. The van der Waals surface area contributed by atoms with Gasteiger partial charge in [-0.3, -0.25) is 0 Å². The average Bonchev–Trinajstić information content (AvgIpc) is 2.91. The summed E-state index contributed by atoms with van der Waals surface area (Å²) in [6, 6.07) is 15.1. The molecule has 1 heterocycles. The third kappa shape index (κ3) is 2.76. The topological polar surface area (TPSA) is 47.9 Å². The Morgan fingerprint density at radius 1 is 1.14 bits per heavy atom. The van der Waals surface area contributed by atoms with Gasteiger partial charge < -0.3 is 9.47 Å². The van der Waals surface area contributed by atoms with Crippen molar-refractivity contribution in [2.45, 2.75) is 6.92 Å². The van der Waals surface area contributed by atoms with Crippen molar-refractivity contribution in [3.63, 3.8) is 0 Å². The smallest absolute Gasteiger partial charge is 0.363 e. The molecule has 110 valence electrons. The van der Waals surface area contributed by atoms with Crippen molar-refractivity contribution >= 4 is 17.9 Å². The van der Waals surface area contributed by atoms with Crippen LogP contribution in [0.25, 0.3) is 6.08 Å². The average molecular weight is 293 g/mol. The maximum Gasteiger partial charge on any atom is 0.363 e. The normalized spacial score (nSPS) is 15.6. The van der Waals surface area contributed by atoms with E-state index in [1.165, 1.54) is 0 Å². The van der Waals surface area contributed by atoms with Gasteiger partial charge in [0.15, 0.2) is 5.70 Å². The van der Waals surface area contributed by atoms with Crippen LogP contribution >= 0.6 is 0 Å². The van der Waals surface area contributed by atoms with Gasteiger partial charge in [-0.25, -0.2) is 9.79 Å². The summed E-state index contributed by atoms with van der Waals surface area (Å²) in [6.07, 6.45) is 1.74. The Kier molecular flexibility index (Phi) is 3.74. The molecular formula is C18H15NO3. The van der Waals surface area contributed by atoms with Crippen molar-refractivity contribution in [3.8, 4) is 5.75 Å². The molecule has 0 fully saturated rings. The zero-order valence-corrected chi connectivity index (χ0v) is 12.4. The molecule has 0 spiro atoms. The molecule has 0 N–H and O–H groups in total. The van der Waals surface area contributed by atoms with E-state index in [0.717, 1.165) is 11.1 Å². The highest BCUT2D eigenvalue weighted by Gasteiger charge is 2.24. The second-order valence-electron chi connectivity index (χ2n) is 4.92. The fourth-order valence-electron chi connectivity index (χ4n) is 2.18. The van der Waals surface area contributed by atoms with Crippen LogP contribution in [0.1, 0.15) is 16.7 Å². The Morgan fingerprint density at radius 2 is 1.95 bits per heavy atom. The first-order chi connectivity index (χ1) is 10.7. The molecular weight excluding hydrogens is 278 g/mol. The van der Waals surface area contributed by atoms with Gasteiger partial charge in [-0.1, -0.05) is 30.3 Å². The van der Waals surface area contributed by atoms with Gasteiger partial charge in [0.25, 0.3) is 0 Å². The third-order valence-corrected chi connectivity index (χ3v) is 3.42. The fourth-order valence-corrected chi connectivity index (χ4v) is 2.18. The molecule has 0 amide bonds. The van der Waals surface area contributed by atoms with Crippen LogP contribution < -0.4 is 4.74 Å². The lowest BCUT2D eigenvalue weighted by Gasteiger charge is -2.02. The van der Waals surface area contributed by atoms with Gasteiger partial charge >= 0.3 is 5.97 Å². The molecule has 22 heavy (non-hydrogen) atoms. The zero-order valence-electron chi connectivity index (χ0n) is 12.4. The molecule has 4 nitrogen and oxygen atoms in total. The van der Waals surface area contributed by atoms with Crippen molar-refractivity contribution in [2.24, 2.45) is 4.99 Å². The van der Waals surface area contributed by atoms with E-state index in [0.29, 0.717) is 22.9 Å². The first kappa shape index (κ1) is 14.1. The molecule has 4 heteroatoms. The van der Waals surface area contributed by atoms with Crippen LogP contribution in [0.3, 0.4) is 0 Å². The number of esters is 1. The lowest BCUT2D eigenvalue weighted by atomic mass is 10.1. The molecule has 2 aromatic carbocycles. The predicted molar refractivity (Wildman–Crippen MR) is 84.8 cm³/mol. The number of carbonyl (C=O) groups excluding carboxylic acids is 1. The molecule has 3 rings (SSSR count). The van der Waals surface area contributed by atoms with Crippen LogP contribution in [-0.2, 0) is 9.53 Å². The maximum absolute atomic E-state index is 12.0. The molecule has 1 aliphatic rings. The van der Waals surface area contributed by atoms with Crippen LogP contribution in [0.15, 0.2) is 59.2 Å². The Labute approximate surface area is 128 Å². The quantitative estimate of drug-likeness (QED) is 0.644. The first-order valence-electron chi connectivity index (χ1n) is 6.90. The molecule has 1 aliphatic heterocycles. The molecule has 0 aromatic heterocycles. The summed E-state index contributed by atoms with van der Waals surface area (Å²) in [5.74, 6) is 0.539. The first-order valence-corrected chi connectivity index (χ1v) is 6.90. The van der Waals surface area contributed by atoms with Crippen LogP contribution in [0.2, 0.25) is 0 Å². The highest BCUT2D eigenvalue weighted by Crippen LogP contribution is 2.22. The summed E-state index contributed by atoms with van der Waals surface area (Å²) in [5, 5.41) is 0. The van der Waals surface area contributed by atoms with E-state index in [-0.39, 0.29) is 0 Å². The summed E-state index contributed by atoms with van der Waals surface area (Å²) >= 11 is 0. The summed E-state index contributed by atoms with van der Waals surface area (Å²) in [7, 11) is 1.59. The Bertz CT molecular complexity index is 790. The van der Waals surface area contributed by atoms with E-state index >= 15 is 0 Å². The van der Waals surface area contributed by atoms with E-state index in [1.807, 2.05) is 49.4 Å². The number of ether oxygens (including phenoxy) is 2. The molecule has 0 atom stereocenters. The molecule has 0 bridgehead atoms. The van der Waals surface area contributed by atoms with Crippen LogP contribution in [0.5, 0.6) is 5.75 Å². The number of benzene rings is 2. The van der Waals surface area contributed by atoms with Crippen molar-refractivity contribution in [2.75, 3.05) is 7.11 Å². The number of aryl methyl sites for hydroxylation is 1. The minimum Gasteiger partial charge on any atom is -0.497 e. The minimum absolute atomic E-state index is 0.295. The molecule has 0 radical (unpaired) electrons. The van der Waals surface area contributed by atoms with Crippen LogP contribution in [-0.4, -0.2) is 19.0 Å². The van der Waals surface area contributed by atoms with Crippen molar-refractivity contribution < 1.29 is 14.3 Å². The molecule has 0 unspecified atom stereocenters. The van der Waals surface area contributed by atoms with Crippen molar-refractivity contribution in [3.05, 3.63) is 70.9 Å². The van der Waals surface area contributed by atoms with Gasteiger partial charge in [-0.2, -0.15) is 0 Å². The number of rotatable bonds is 3. The summed E-state index contributed by atoms with van der Waals surface area (Å²) in [6.45, 7) is 1.99. The van der Waals surface area contributed by atoms with Gasteiger partial charge in [0.2, 0.25) is 5.90 Å². The SMILES string of the molecule is COc1cccc(C2=N/C(=C\c3ccccc3C)C(=O)O2)c1. The largest absolute Gasteiger partial charge is 0.497 e. The van der Waals surface area contributed by atoms with Crippen LogP contribution in [0, 0.1) is 6.92 Å². The summed E-state index contributed by atoms with van der Waals surface area (Å²) in [5.41, 5.74) is 3.03. The van der Waals surface area contributed by atoms with E-state index < -0.39 is 5.97 Å². The number of methoxy groups -OCH3 is 1. The zero-order chi connectivity index (χ0) is 15.5. The number of aliphatic imine (C=N–C) groups is 1. The van der Waals surface area contributed by atoms with Crippen molar-refractivity contribution in [1.82, 2.24) is 0 Å². The van der Waals surface area contributed by atoms with Gasteiger partial charge in [0, 0.05) is 5.56 Å². The number of nitrogens with zero attached hydrogens (tertiary/aromatic N) is 1. The molecule has 0 saturated carbocycles. The number of cyclic esters (lactones) is 1. The minimum atomic E-state index is -0.443. The van der Waals surface area contributed by atoms with E-state index in [2.05, 4.69) is 4.99 Å². The number of hydrogen-bond acceptors (Lipinski definition) is 4. The molecule has 2 aromatic rings. The lowest BCUT2D eigenvalue weighted by molar-refractivity contribution is -0.129. The van der Waals surface area contributed by atoms with Gasteiger partial charge in [0.05, 0.1) is 7.11 Å². The van der Waals surface area contributed by atoms with E-state index in [4.69, 9.17) is 9.47 Å². The monoisotopic (exact) mass is 293 g/mol. The number of hydrogen-bond donors (Lipinski definition) is 0. The van der Waals surface area contributed by atoms with E-state index in [9.17, 15) is 4.79 Å². The second-order valence-corrected chi connectivity index (χ2v) is 4.92. The Hall–Kier alpha value is -2.88. The molecule has 0 aliphatic carbocycles. The van der Waals surface area contributed by atoms with Crippen molar-refractivity contribution in [1.29, 1.82) is 0 Å². The molecule has 0 saturated heterocycles. The fraction of sp³-hybridized carbons (Fsp3) is 0.111. The van der Waals surface area contributed by atoms with Crippen LogP contribution in [0.4, 0.5) is 0 Å². The predicted octanol–water partition coefficient (Wildman–Crippen LogP) is 3.35. The van der Waals surface area contributed by atoms with Gasteiger partial charge in [-0.15, -0.1) is 0 Å². The van der Waals surface area contributed by atoms with E-state index in [1.54, 1.807) is 19.3 Å². The Morgan fingerprint density at radius 3 is 2.73 bits per heavy atom. The maximum atomic E-state index is 12.0. The Balaban J connectivity index is 1.96. The van der Waals surface area contributed by atoms with Gasteiger partial charge in [0.1, 0.15) is 5.75 Å². The van der Waals surface area contributed by atoms with Gasteiger partial charge in [-0.05, 0) is 42.3 Å². The summed E-state index contributed by atoms with van der Waals surface area (Å²) in [4.78, 5) is 16.3. The highest BCUT2D eigenvalue weighted by atomic mass is 16.6. The lowest BCUT2D eigenvalue weighted by Crippen LogP contribution is -2.05.